The van der Waals surface area contributed by atoms with Crippen molar-refractivity contribution in [1.29, 1.82) is 0 Å². The van der Waals surface area contributed by atoms with Crippen molar-refractivity contribution in [2.24, 2.45) is 4.99 Å². The minimum Gasteiger partial charge on any atom is -0.497 e. The first-order chi connectivity index (χ1) is 17.8. The number of esters is 1. The molecule has 0 saturated heterocycles. The molecule has 1 unspecified atom stereocenters. The third kappa shape index (κ3) is 5.70. The number of hydrogen-bond acceptors (Lipinski definition) is 7. The van der Waals surface area contributed by atoms with E-state index < -0.39 is 12.0 Å². The Labute approximate surface area is 245 Å². The molecule has 0 spiro atoms. The first-order valence-corrected chi connectivity index (χ1v) is 14.3. The Morgan fingerprint density at radius 1 is 1.22 bits per heavy atom. The van der Waals surface area contributed by atoms with Crippen LogP contribution in [0.1, 0.15) is 31.0 Å². The van der Waals surface area contributed by atoms with E-state index in [0.29, 0.717) is 33.0 Å². The lowest BCUT2D eigenvalue weighted by atomic mass is 9.96. The zero-order valence-corrected chi connectivity index (χ0v) is 25.5. The van der Waals surface area contributed by atoms with Crippen LogP contribution >= 0.6 is 56.5 Å². The molecular formula is C27H24I2N2O5S. The maximum Gasteiger partial charge on any atom is 0.338 e. The lowest BCUT2D eigenvalue weighted by Gasteiger charge is -2.24. The Bertz CT molecular complexity index is 1550. The Balaban J connectivity index is 1.88. The second kappa shape index (κ2) is 11.9. The van der Waals surface area contributed by atoms with E-state index in [1.54, 1.807) is 31.6 Å². The summed E-state index contributed by atoms with van der Waals surface area (Å²) in [5.74, 6) is 0.978. The molecule has 0 fully saturated rings. The van der Waals surface area contributed by atoms with Gasteiger partial charge in [0.05, 0.1) is 42.7 Å². The molecule has 2 heterocycles. The van der Waals surface area contributed by atoms with Gasteiger partial charge < -0.3 is 14.2 Å². The summed E-state index contributed by atoms with van der Waals surface area (Å²) in [6, 6.07) is 10.6. The minimum absolute atomic E-state index is 0.221. The van der Waals surface area contributed by atoms with Gasteiger partial charge in [-0.25, -0.2) is 9.79 Å². The smallest absolute Gasteiger partial charge is 0.338 e. The SMILES string of the molecule is C=CCOc1c(I)cc(C=c2sc3n(c2=O)C(c2ccc(OC)cc2)C(C(=O)OCC)=C(C)N=3)cc1I. The van der Waals surface area contributed by atoms with Crippen LogP contribution in [0.15, 0.2) is 70.1 Å². The molecule has 0 aliphatic carbocycles. The van der Waals surface area contributed by atoms with Crippen LogP contribution < -0.4 is 24.4 Å². The topological polar surface area (TPSA) is 79.1 Å². The Kier molecular flexibility index (Phi) is 8.90. The fourth-order valence-electron chi connectivity index (χ4n) is 3.99. The van der Waals surface area contributed by atoms with Crippen LogP contribution in [0, 0.1) is 7.14 Å². The van der Waals surface area contributed by atoms with Crippen molar-refractivity contribution >= 4 is 68.6 Å². The van der Waals surface area contributed by atoms with Gasteiger partial charge in [-0.05, 0) is 100 Å². The monoisotopic (exact) mass is 742 g/mol. The van der Waals surface area contributed by atoms with E-state index in [1.807, 2.05) is 42.5 Å². The molecule has 7 nitrogen and oxygen atoms in total. The molecule has 1 aliphatic rings. The fraction of sp³-hybridized carbons (Fsp3) is 0.222. The first-order valence-electron chi connectivity index (χ1n) is 11.3. The van der Waals surface area contributed by atoms with E-state index in [1.165, 1.54) is 11.3 Å². The number of ether oxygens (including phenoxy) is 3. The summed E-state index contributed by atoms with van der Waals surface area (Å²) >= 11 is 5.74. The van der Waals surface area contributed by atoms with Gasteiger partial charge in [0.1, 0.15) is 18.1 Å². The van der Waals surface area contributed by atoms with Gasteiger partial charge in [0.15, 0.2) is 4.80 Å². The van der Waals surface area contributed by atoms with Gasteiger partial charge >= 0.3 is 5.97 Å². The van der Waals surface area contributed by atoms with Crippen molar-refractivity contribution in [3.05, 3.63) is 98.3 Å². The number of rotatable bonds is 8. The largest absolute Gasteiger partial charge is 0.497 e. The summed E-state index contributed by atoms with van der Waals surface area (Å²) in [6.07, 6.45) is 3.55. The Morgan fingerprint density at radius 3 is 2.49 bits per heavy atom. The van der Waals surface area contributed by atoms with Crippen LogP contribution in [0.4, 0.5) is 0 Å². The van der Waals surface area contributed by atoms with Gasteiger partial charge in [-0.1, -0.05) is 36.1 Å². The number of carbonyl (C=O) groups is 1. The fourth-order valence-corrected chi connectivity index (χ4v) is 7.16. The maximum absolute atomic E-state index is 13.8. The summed E-state index contributed by atoms with van der Waals surface area (Å²) in [7, 11) is 1.59. The van der Waals surface area contributed by atoms with Gasteiger partial charge in [0.25, 0.3) is 5.56 Å². The van der Waals surface area contributed by atoms with Gasteiger partial charge in [0.2, 0.25) is 0 Å². The summed E-state index contributed by atoms with van der Waals surface area (Å²) in [4.78, 5) is 31.9. The molecule has 0 N–H and O–H groups in total. The molecule has 4 rings (SSSR count). The van der Waals surface area contributed by atoms with E-state index >= 15 is 0 Å². The zero-order valence-electron chi connectivity index (χ0n) is 20.4. The second-order valence-electron chi connectivity index (χ2n) is 7.99. The molecule has 0 bridgehead atoms. The van der Waals surface area contributed by atoms with E-state index in [2.05, 4.69) is 56.8 Å². The predicted molar refractivity (Wildman–Crippen MR) is 161 cm³/mol. The number of allylic oxidation sites excluding steroid dienone is 1. The average Bonchev–Trinajstić information content (AvgIpc) is 3.17. The molecule has 1 aromatic heterocycles. The summed E-state index contributed by atoms with van der Waals surface area (Å²) in [5, 5.41) is 0. The number of hydrogen-bond donors (Lipinski definition) is 0. The van der Waals surface area contributed by atoms with Crippen molar-refractivity contribution in [2.45, 2.75) is 19.9 Å². The van der Waals surface area contributed by atoms with E-state index in [-0.39, 0.29) is 12.2 Å². The number of nitrogens with zero attached hydrogens (tertiary/aromatic N) is 2. The molecule has 1 aliphatic heterocycles. The highest BCUT2D eigenvalue weighted by Gasteiger charge is 2.33. The zero-order chi connectivity index (χ0) is 26.7. The number of methoxy groups -OCH3 is 1. The van der Waals surface area contributed by atoms with Crippen LogP contribution in [0.2, 0.25) is 0 Å². The van der Waals surface area contributed by atoms with Gasteiger partial charge in [-0.2, -0.15) is 0 Å². The molecule has 192 valence electrons. The highest BCUT2D eigenvalue weighted by Crippen LogP contribution is 2.32. The minimum atomic E-state index is -0.668. The number of halogens is 2. The lowest BCUT2D eigenvalue weighted by molar-refractivity contribution is -0.139. The normalized spacial score (nSPS) is 15.2. The molecule has 0 radical (unpaired) electrons. The first kappa shape index (κ1) is 27.6. The van der Waals surface area contributed by atoms with Crippen LogP contribution in [0.5, 0.6) is 11.5 Å². The molecule has 10 heteroatoms. The predicted octanol–water partition coefficient (Wildman–Crippen LogP) is 4.58. The highest BCUT2D eigenvalue weighted by molar-refractivity contribution is 14.1. The van der Waals surface area contributed by atoms with Gasteiger partial charge in [0, 0.05) is 0 Å². The van der Waals surface area contributed by atoms with Gasteiger partial charge in [-0.3, -0.25) is 9.36 Å². The summed E-state index contributed by atoms with van der Waals surface area (Å²) < 4.78 is 20.4. The average molecular weight is 742 g/mol. The molecule has 0 saturated carbocycles. The number of fused-ring (bicyclic) bond motifs is 1. The lowest BCUT2D eigenvalue weighted by Crippen LogP contribution is -2.39. The van der Waals surface area contributed by atoms with Crippen molar-refractivity contribution in [3.63, 3.8) is 0 Å². The third-order valence-corrected chi connectivity index (χ3v) is 8.20. The van der Waals surface area contributed by atoms with Crippen LogP contribution in [-0.2, 0) is 9.53 Å². The number of thiazole rings is 1. The van der Waals surface area contributed by atoms with E-state index in [9.17, 15) is 9.59 Å². The van der Waals surface area contributed by atoms with Crippen molar-refractivity contribution in [2.75, 3.05) is 20.3 Å². The number of carbonyl (C=O) groups excluding carboxylic acids is 1. The van der Waals surface area contributed by atoms with Crippen LogP contribution in [0.3, 0.4) is 0 Å². The van der Waals surface area contributed by atoms with Crippen LogP contribution in [-0.4, -0.2) is 30.9 Å². The van der Waals surface area contributed by atoms with Crippen molar-refractivity contribution in [1.82, 2.24) is 4.57 Å². The van der Waals surface area contributed by atoms with Gasteiger partial charge in [-0.15, -0.1) is 0 Å². The van der Waals surface area contributed by atoms with Crippen molar-refractivity contribution < 1.29 is 19.0 Å². The summed E-state index contributed by atoms with van der Waals surface area (Å²) in [5.41, 5.74) is 2.28. The molecule has 37 heavy (non-hydrogen) atoms. The molecular weight excluding hydrogens is 718 g/mol. The number of benzene rings is 2. The van der Waals surface area contributed by atoms with E-state index in [4.69, 9.17) is 14.2 Å². The highest BCUT2D eigenvalue weighted by atomic mass is 127. The molecule has 3 aromatic rings. The third-order valence-electron chi connectivity index (χ3n) is 5.61. The molecule has 2 aromatic carbocycles. The van der Waals surface area contributed by atoms with Crippen LogP contribution in [0.25, 0.3) is 6.08 Å². The second-order valence-corrected chi connectivity index (χ2v) is 11.3. The standard InChI is InChI=1S/C27H24I2N2O5S/c1-5-11-36-24-19(28)12-16(13-20(24)29)14-21-25(32)31-23(17-7-9-18(34-4)10-8-17)22(26(33)35-6-2)15(3)30-27(31)37-21/h5,7-10,12-14,23H,1,6,11H2,2-4H3. The summed E-state index contributed by atoms with van der Waals surface area (Å²) in [6.45, 7) is 7.86. The number of aromatic nitrogens is 1. The van der Waals surface area contributed by atoms with Crippen molar-refractivity contribution in [3.8, 4) is 11.5 Å². The Hall–Kier alpha value is -2.45. The van der Waals surface area contributed by atoms with E-state index in [0.717, 1.165) is 24.0 Å². The quantitative estimate of drug-likeness (QED) is 0.192. The molecule has 1 atom stereocenters. The Morgan fingerprint density at radius 2 is 1.89 bits per heavy atom. The molecule has 0 amide bonds. The maximum atomic E-state index is 13.8.